The van der Waals surface area contributed by atoms with Crippen molar-refractivity contribution in [2.45, 2.75) is 71.9 Å². The Morgan fingerprint density at radius 2 is 1.57 bits per heavy atom. The Balaban J connectivity index is 2.29. The second-order valence-corrected chi connectivity index (χ2v) is 7.56. The number of aryl methyl sites for hydroxylation is 2. The van der Waals surface area contributed by atoms with Crippen molar-refractivity contribution in [2.24, 2.45) is 11.1 Å². The van der Waals surface area contributed by atoms with Gasteiger partial charge in [-0.1, -0.05) is 43.2 Å². The molecule has 1 aromatic carbocycles. The van der Waals surface area contributed by atoms with Gasteiger partial charge in [0.25, 0.3) is 0 Å². The van der Waals surface area contributed by atoms with Gasteiger partial charge in [0.15, 0.2) is 0 Å². The second-order valence-electron chi connectivity index (χ2n) is 7.56. The van der Waals surface area contributed by atoms with Gasteiger partial charge in [0.05, 0.1) is 11.6 Å². The van der Waals surface area contributed by atoms with Crippen molar-refractivity contribution in [3.05, 3.63) is 34.9 Å². The van der Waals surface area contributed by atoms with Crippen LogP contribution < -0.4 is 5.73 Å². The average Bonchev–Trinajstić information content (AvgIpc) is 2.40. The van der Waals surface area contributed by atoms with Gasteiger partial charge in [0.1, 0.15) is 0 Å². The number of hydrogen-bond donors (Lipinski definition) is 1. The number of rotatable bonds is 4. The second kappa shape index (κ2) is 6.10. The first-order valence-corrected chi connectivity index (χ1v) is 8.26. The summed E-state index contributed by atoms with van der Waals surface area (Å²) < 4.78 is 6.23. The predicted molar refractivity (Wildman–Crippen MR) is 89.5 cm³/mol. The van der Waals surface area contributed by atoms with Crippen LogP contribution in [0.5, 0.6) is 0 Å². The van der Waals surface area contributed by atoms with Crippen molar-refractivity contribution in [3.8, 4) is 0 Å². The summed E-state index contributed by atoms with van der Waals surface area (Å²) in [4.78, 5) is 0. The molecule has 118 valence electrons. The van der Waals surface area contributed by atoms with Crippen molar-refractivity contribution in [2.75, 3.05) is 6.61 Å². The molecule has 21 heavy (non-hydrogen) atoms. The molecule has 1 saturated carbocycles. The fourth-order valence-corrected chi connectivity index (χ4v) is 3.68. The third-order valence-electron chi connectivity index (χ3n) is 5.05. The highest BCUT2D eigenvalue weighted by atomic mass is 16.5. The molecule has 1 unspecified atom stereocenters. The Morgan fingerprint density at radius 1 is 1.05 bits per heavy atom. The lowest BCUT2D eigenvalue weighted by Crippen LogP contribution is -2.48. The molecule has 0 spiro atoms. The Morgan fingerprint density at radius 3 is 2.05 bits per heavy atom. The number of hydrogen-bond acceptors (Lipinski definition) is 2. The van der Waals surface area contributed by atoms with Crippen molar-refractivity contribution in [1.82, 2.24) is 0 Å². The maximum absolute atomic E-state index is 6.69. The summed E-state index contributed by atoms with van der Waals surface area (Å²) in [6, 6.07) is 6.61. The van der Waals surface area contributed by atoms with E-state index in [2.05, 4.69) is 52.8 Å². The number of ether oxygens (including phenoxy) is 1. The quantitative estimate of drug-likeness (QED) is 0.873. The van der Waals surface area contributed by atoms with Crippen LogP contribution in [0.4, 0.5) is 0 Å². The fourth-order valence-electron chi connectivity index (χ4n) is 3.68. The van der Waals surface area contributed by atoms with Crippen LogP contribution in [0.2, 0.25) is 0 Å². The van der Waals surface area contributed by atoms with Crippen LogP contribution in [0.1, 0.15) is 69.2 Å². The third-order valence-corrected chi connectivity index (χ3v) is 5.05. The SMILES string of the molecule is CCOC1(C(N)c2cc(C)cc(C)c2)CCC(C)(C)CC1. The van der Waals surface area contributed by atoms with E-state index >= 15 is 0 Å². The van der Waals surface area contributed by atoms with Crippen molar-refractivity contribution in [1.29, 1.82) is 0 Å². The van der Waals surface area contributed by atoms with Crippen molar-refractivity contribution < 1.29 is 4.74 Å². The lowest BCUT2D eigenvalue weighted by molar-refractivity contribution is -0.100. The fraction of sp³-hybridized carbons (Fsp3) is 0.684. The predicted octanol–water partition coefficient (Wildman–Crippen LogP) is 4.68. The van der Waals surface area contributed by atoms with Gasteiger partial charge in [-0.15, -0.1) is 0 Å². The molecule has 2 nitrogen and oxygen atoms in total. The molecule has 0 amide bonds. The van der Waals surface area contributed by atoms with E-state index in [-0.39, 0.29) is 11.6 Å². The summed E-state index contributed by atoms with van der Waals surface area (Å²) in [7, 11) is 0. The van der Waals surface area contributed by atoms with Crippen LogP contribution in [-0.4, -0.2) is 12.2 Å². The molecule has 1 atom stereocenters. The minimum Gasteiger partial charge on any atom is -0.373 e. The lowest BCUT2D eigenvalue weighted by atomic mass is 9.67. The van der Waals surface area contributed by atoms with Gasteiger partial charge in [-0.05, 0) is 57.4 Å². The summed E-state index contributed by atoms with van der Waals surface area (Å²) in [5.74, 6) is 0. The molecule has 1 aliphatic rings. The maximum Gasteiger partial charge on any atom is 0.0874 e. The standard InChI is InChI=1S/C19H31NO/c1-6-21-19(9-7-18(4,5)8-10-19)17(20)16-12-14(2)11-15(3)13-16/h11-13,17H,6-10,20H2,1-5H3. The van der Waals surface area contributed by atoms with E-state index < -0.39 is 0 Å². The van der Waals surface area contributed by atoms with Crippen LogP contribution >= 0.6 is 0 Å². The van der Waals surface area contributed by atoms with Gasteiger partial charge in [-0.3, -0.25) is 0 Å². The highest BCUT2D eigenvalue weighted by molar-refractivity contribution is 5.32. The minimum absolute atomic E-state index is 0.0350. The Bertz CT molecular complexity index is 462. The van der Waals surface area contributed by atoms with E-state index in [4.69, 9.17) is 10.5 Å². The zero-order valence-electron chi connectivity index (χ0n) is 14.3. The molecule has 1 aliphatic carbocycles. The molecular weight excluding hydrogens is 258 g/mol. The summed E-state index contributed by atoms with van der Waals surface area (Å²) in [6.07, 6.45) is 4.49. The van der Waals surface area contributed by atoms with Crippen LogP contribution in [0.3, 0.4) is 0 Å². The zero-order valence-corrected chi connectivity index (χ0v) is 14.3. The van der Waals surface area contributed by atoms with E-state index in [0.29, 0.717) is 5.41 Å². The van der Waals surface area contributed by atoms with E-state index in [0.717, 1.165) is 19.4 Å². The van der Waals surface area contributed by atoms with Gasteiger partial charge in [-0.2, -0.15) is 0 Å². The van der Waals surface area contributed by atoms with E-state index in [1.807, 2.05) is 0 Å². The first-order valence-electron chi connectivity index (χ1n) is 8.26. The first kappa shape index (κ1) is 16.5. The molecule has 0 heterocycles. The Hall–Kier alpha value is -0.860. The monoisotopic (exact) mass is 289 g/mol. The van der Waals surface area contributed by atoms with Gasteiger partial charge in [-0.25, -0.2) is 0 Å². The largest absolute Gasteiger partial charge is 0.373 e. The van der Waals surface area contributed by atoms with Gasteiger partial charge >= 0.3 is 0 Å². The van der Waals surface area contributed by atoms with Gasteiger partial charge in [0.2, 0.25) is 0 Å². The molecule has 0 radical (unpaired) electrons. The minimum atomic E-state index is -0.190. The molecule has 0 aromatic heterocycles. The lowest BCUT2D eigenvalue weighted by Gasteiger charge is -2.46. The normalized spacial score (nSPS) is 22.0. The summed E-state index contributed by atoms with van der Waals surface area (Å²) in [5.41, 5.74) is 10.7. The zero-order chi connectivity index (χ0) is 15.7. The van der Waals surface area contributed by atoms with Crippen molar-refractivity contribution in [3.63, 3.8) is 0 Å². The summed E-state index contributed by atoms with van der Waals surface area (Å²) in [6.45, 7) is 11.8. The highest BCUT2D eigenvalue weighted by Gasteiger charge is 2.43. The molecule has 0 saturated heterocycles. The van der Waals surface area contributed by atoms with Gasteiger partial charge < -0.3 is 10.5 Å². The number of benzene rings is 1. The molecule has 1 aromatic rings. The molecule has 2 rings (SSSR count). The Kier molecular flexibility index (Phi) is 4.79. The van der Waals surface area contributed by atoms with E-state index in [1.165, 1.54) is 29.5 Å². The molecule has 2 heteroatoms. The maximum atomic E-state index is 6.69. The van der Waals surface area contributed by atoms with Crippen LogP contribution in [-0.2, 0) is 4.74 Å². The van der Waals surface area contributed by atoms with Gasteiger partial charge in [0, 0.05) is 6.61 Å². The van der Waals surface area contributed by atoms with E-state index in [1.54, 1.807) is 0 Å². The highest BCUT2D eigenvalue weighted by Crippen LogP contribution is 2.47. The third kappa shape index (κ3) is 3.67. The molecule has 0 aliphatic heterocycles. The van der Waals surface area contributed by atoms with Crippen LogP contribution in [0.15, 0.2) is 18.2 Å². The average molecular weight is 289 g/mol. The topological polar surface area (TPSA) is 35.2 Å². The van der Waals surface area contributed by atoms with E-state index in [9.17, 15) is 0 Å². The molecule has 1 fully saturated rings. The smallest absolute Gasteiger partial charge is 0.0874 e. The summed E-state index contributed by atoms with van der Waals surface area (Å²) >= 11 is 0. The summed E-state index contributed by atoms with van der Waals surface area (Å²) in [5, 5.41) is 0. The Labute approximate surface area is 130 Å². The van der Waals surface area contributed by atoms with Crippen molar-refractivity contribution >= 4 is 0 Å². The first-order chi connectivity index (χ1) is 9.78. The van der Waals surface area contributed by atoms with Crippen LogP contribution in [0, 0.1) is 19.3 Å². The molecule has 2 N–H and O–H groups in total. The number of nitrogens with two attached hydrogens (primary N) is 1. The molecule has 0 bridgehead atoms. The molecular formula is C19H31NO. The van der Waals surface area contributed by atoms with Crippen LogP contribution in [0.25, 0.3) is 0 Å².